The summed E-state index contributed by atoms with van der Waals surface area (Å²) in [6, 6.07) is -0.286. The summed E-state index contributed by atoms with van der Waals surface area (Å²) < 4.78 is 0. The van der Waals surface area contributed by atoms with Crippen LogP contribution in [0, 0.1) is 6.92 Å². The molecule has 1 aromatic heterocycles. The molecule has 1 N–H and O–H groups in total. The second-order valence-electron chi connectivity index (χ2n) is 5.95. The Balaban J connectivity index is 1.59. The van der Waals surface area contributed by atoms with Gasteiger partial charge in [-0.3, -0.25) is 14.8 Å². The number of carbonyl (C=O) groups excluding carboxylic acids is 2. The molecule has 21 heavy (non-hydrogen) atoms. The number of aromatic nitrogens is 2. The highest BCUT2D eigenvalue weighted by Gasteiger charge is 2.44. The molecule has 0 bridgehead atoms. The van der Waals surface area contributed by atoms with Crippen LogP contribution in [0.4, 0.5) is 4.79 Å². The Morgan fingerprint density at radius 3 is 2.95 bits per heavy atom. The maximum absolute atomic E-state index is 12.4. The van der Waals surface area contributed by atoms with Crippen molar-refractivity contribution < 1.29 is 9.59 Å². The summed E-state index contributed by atoms with van der Waals surface area (Å²) in [5, 5.41) is 6.90. The quantitative estimate of drug-likeness (QED) is 0.860. The molecule has 114 valence electrons. The van der Waals surface area contributed by atoms with E-state index in [0.29, 0.717) is 6.54 Å². The molecule has 1 atom stereocenters. The van der Waals surface area contributed by atoms with Gasteiger partial charge in [-0.25, -0.2) is 4.79 Å². The number of amides is 3. The summed E-state index contributed by atoms with van der Waals surface area (Å²) >= 11 is 0. The smallest absolute Gasteiger partial charge is 0.312 e. The number of urea groups is 1. The highest BCUT2D eigenvalue weighted by atomic mass is 16.2. The van der Waals surface area contributed by atoms with Gasteiger partial charge in [0, 0.05) is 18.8 Å². The highest BCUT2D eigenvalue weighted by molar-refractivity contribution is 6.04. The number of fused-ring (bicyclic) bond motifs is 1. The molecule has 0 aromatic carbocycles. The molecule has 3 amide bonds. The van der Waals surface area contributed by atoms with E-state index in [1.165, 1.54) is 4.90 Å². The fourth-order valence-electron chi connectivity index (χ4n) is 3.28. The van der Waals surface area contributed by atoms with Crippen molar-refractivity contribution in [2.75, 3.05) is 13.1 Å². The molecule has 2 saturated heterocycles. The summed E-state index contributed by atoms with van der Waals surface area (Å²) in [5.74, 6) is 0.00538. The van der Waals surface area contributed by atoms with E-state index in [9.17, 15) is 9.59 Å². The van der Waals surface area contributed by atoms with Crippen molar-refractivity contribution in [3.63, 3.8) is 0 Å². The molecular weight excluding hydrogens is 268 g/mol. The lowest BCUT2D eigenvalue weighted by Crippen LogP contribution is -2.35. The van der Waals surface area contributed by atoms with E-state index < -0.39 is 0 Å². The molecular formula is C15H22N4O2. The first-order valence-corrected chi connectivity index (χ1v) is 7.79. The molecule has 0 saturated carbocycles. The zero-order chi connectivity index (χ0) is 14.8. The van der Waals surface area contributed by atoms with E-state index in [1.54, 1.807) is 4.90 Å². The predicted octanol–water partition coefficient (Wildman–Crippen LogP) is 1.86. The summed E-state index contributed by atoms with van der Waals surface area (Å²) in [6.07, 6.45) is 7.44. The van der Waals surface area contributed by atoms with Crippen LogP contribution in [0.5, 0.6) is 0 Å². The van der Waals surface area contributed by atoms with Crippen molar-refractivity contribution >= 4 is 11.9 Å². The average molecular weight is 290 g/mol. The number of nitrogens with zero attached hydrogens (tertiary/aromatic N) is 3. The van der Waals surface area contributed by atoms with E-state index in [-0.39, 0.29) is 18.0 Å². The Morgan fingerprint density at radius 1 is 1.33 bits per heavy atom. The van der Waals surface area contributed by atoms with Gasteiger partial charge >= 0.3 is 6.03 Å². The molecule has 2 aliphatic rings. The standard InChI is InChI=1S/C15H22N4O2/c1-11-12(10-16-17-11)6-5-9-19-14(20)13-7-3-2-4-8-18(13)15(19)21/h10,13H,2-9H2,1H3,(H,16,17). The Hall–Kier alpha value is -1.85. The van der Waals surface area contributed by atoms with E-state index >= 15 is 0 Å². The number of aromatic amines is 1. The van der Waals surface area contributed by atoms with Gasteiger partial charge in [0.05, 0.1) is 6.20 Å². The number of rotatable bonds is 4. The van der Waals surface area contributed by atoms with Crippen LogP contribution in [0.15, 0.2) is 6.20 Å². The monoisotopic (exact) mass is 290 g/mol. The average Bonchev–Trinajstić information content (AvgIpc) is 2.85. The normalized spacial score (nSPS) is 22.6. The van der Waals surface area contributed by atoms with E-state index in [1.807, 2.05) is 13.1 Å². The van der Waals surface area contributed by atoms with Crippen molar-refractivity contribution in [1.29, 1.82) is 0 Å². The van der Waals surface area contributed by atoms with Crippen LogP contribution >= 0.6 is 0 Å². The van der Waals surface area contributed by atoms with Crippen molar-refractivity contribution in [2.24, 2.45) is 0 Å². The second kappa shape index (κ2) is 5.87. The molecule has 6 heteroatoms. The van der Waals surface area contributed by atoms with Gasteiger partial charge in [0.1, 0.15) is 6.04 Å². The lowest BCUT2D eigenvalue weighted by molar-refractivity contribution is -0.128. The second-order valence-corrected chi connectivity index (χ2v) is 5.95. The van der Waals surface area contributed by atoms with Gasteiger partial charge in [-0.15, -0.1) is 0 Å². The van der Waals surface area contributed by atoms with Gasteiger partial charge in [-0.2, -0.15) is 5.10 Å². The molecule has 0 aliphatic carbocycles. The SMILES string of the molecule is Cc1[nH]ncc1CCCN1C(=O)C2CCCCCN2C1=O. The van der Waals surface area contributed by atoms with Gasteiger partial charge in [0.25, 0.3) is 5.91 Å². The Kier molecular flexibility index (Phi) is 3.94. The predicted molar refractivity (Wildman–Crippen MR) is 77.7 cm³/mol. The highest BCUT2D eigenvalue weighted by Crippen LogP contribution is 2.26. The van der Waals surface area contributed by atoms with Crippen LogP contribution in [-0.2, 0) is 11.2 Å². The first kappa shape index (κ1) is 14.1. The van der Waals surface area contributed by atoms with E-state index in [4.69, 9.17) is 0 Å². The molecule has 0 spiro atoms. The third kappa shape index (κ3) is 2.66. The van der Waals surface area contributed by atoms with Gasteiger partial charge in [-0.1, -0.05) is 12.8 Å². The largest absolute Gasteiger partial charge is 0.327 e. The van der Waals surface area contributed by atoms with Crippen LogP contribution in [-0.4, -0.2) is 51.1 Å². The molecule has 6 nitrogen and oxygen atoms in total. The van der Waals surface area contributed by atoms with Crippen molar-refractivity contribution in [3.8, 4) is 0 Å². The van der Waals surface area contributed by atoms with Crippen LogP contribution in [0.3, 0.4) is 0 Å². The summed E-state index contributed by atoms with van der Waals surface area (Å²) in [6.45, 7) is 3.22. The van der Waals surface area contributed by atoms with Gasteiger partial charge in [-0.05, 0) is 38.2 Å². The first-order valence-electron chi connectivity index (χ1n) is 7.79. The number of imide groups is 1. The Labute approximate surface area is 124 Å². The third-order valence-electron chi connectivity index (χ3n) is 4.54. The Bertz CT molecular complexity index is 516. The number of hydrogen-bond acceptors (Lipinski definition) is 3. The third-order valence-corrected chi connectivity index (χ3v) is 4.54. The van der Waals surface area contributed by atoms with Crippen LogP contribution in [0.25, 0.3) is 0 Å². The number of H-pyrrole nitrogens is 1. The summed E-state index contributed by atoms with van der Waals surface area (Å²) in [4.78, 5) is 28.0. The summed E-state index contributed by atoms with van der Waals surface area (Å²) in [7, 11) is 0. The summed E-state index contributed by atoms with van der Waals surface area (Å²) in [5.41, 5.74) is 2.21. The number of nitrogens with one attached hydrogen (secondary N) is 1. The fourth-order valence-corrected chi connectivity index (χ4v) is 3.28. The molecule has 1 unspecified atom stereocenters. The van der Waals surface area contributed by atoms with E-state index in [0.717, 1.165) is 56.3 Å². The first-order chi connectivity index (χ1) is 10.2. The Morgan fingerprint density at radius 2 is 2.19 bits per heavy atom. The fraction of sp³-hybridized carbons (Fsp3) is 0.667. The minimum Gasteiger partial charge on any atom is -0.312 e. The topological polar surface area (TPSA) is 69.3 Å². The zero-order valence-electron chi connectivity index (χ0n) is 12.5. The van der Waals surface area contributed by atoms with Crippen molar-refractivity contribution in [1.82, 2.24) is 20.0 Å². The van der Waals surface area contributed by atoms with Crippen LogP contribution in [0.2, 0.25) is 0 Å². The maximum atomic E-state index is 12.4. The van der Waals surface area contributed by atoms with Gasteiger partial charge < -0.3 is 4.90 Å². The molecule has 2 fully saturated rings. The minimum absolute atomic E-state index is 0.00538. The molecule has 1 aromatic rings. The van der Waals surface area contributed by atoms with Crippen molar-refractivity contribution in [2.45, 2.75) is 51.5 Å². The lowest BCUT2D eigenvalue weighted by Gasteiger charge is -2.18. The lowest BCUT2D eigenvalue weighted by atomic mass is 10.1. The zero-order valence-corrected chi connectivity index (χ0v) is 12.5. The molecule has 3 rings (SSSR count). The number of carbonyl (C=O) groups is 2. The minimum atomic E-state index is -0.198. The van der Waals surface area contributed by atoms with Crippen LogP contribution < -0.4 is 0 Å². The van der Waals surface area contributed by atoms with Gasteiger partial charge in [0.2, 0.25) is 0 Å². The molecule has 0 radical (unpaired) electrons. The molecule has 2 aliphatic heterocycles. The number of aryl methyl sites for hydroxylation is 2. The van der Waals surface area contributed by atoms with Gasteiger partial charge in [0.15, 0.2) is 0 Å². The number of hydrogen-bond donors (Lipinski definition) is 1. The van der Waals surface area contributed by atoms with E-state index in [2.05, 4.69) is 10.2 Å². The van der Waals surface area contributed by atoms with Crippen LogP contribution in [0.1, 0.15) is 43.4 Å². The maximum Gasteiger partial charge on any atom is 0.327 e. The van der Waals surface area contributed by atoms with Crippen molar-refractivity contribution in [3.05, 3.63) is 17.5 Å². The molecule has 3 heterocycles.